The molecular formula is C22H21ClFNO3. The third-order valence-electron chi connectivity index (χ3n) is 4.85. The predicted molar refractivity (Wildman–Crippen MR) is 105 cm³/mol. The summed E-state index contributed by atoms with van der Waals surface area (Å²) in [6.07, 6.45) is 0.108. The largest absolute Gasteiger partial charge is 0.463 e. The normalized spacial score (nSPS) is 17.1. The molecule has 0 saturated heterocycles. The molecule has 3 rings (SSSR count). The van der Waals surface area contributed by atoms with Gasteiger partial charge in [0.25, 0.3) is 0 Å². The van der Waals surface area contributed by atoms with Gasteiger partial charge < -0.3 is 9.64 Å². The molecule has 1 aliphatic heterocycles. The summed E-state index contributed by atoms with van der Waals surface area (Å²) < 4.78 is 18.4. The maximum absolute atomic E-state index is 13.2. The lowest BCUT2D eigenvalue weighted by molar-refractivity contribution is -0.140. The number of hydrogen-bond acceptors (Lipinski definition) is 3. The van der Waals surface area contributed by atoms with Crippen molar-refractivity contribution in [2.45, 2.75) is 32.7 Å². The van der Waals surface area contributed by atoms with Gasteiger partial charge in [-0.15, -0.1) is 0 Å². The van der Waals surface area contributed by atoms with Crippen LogP contribution < -0.4 is 0 Å². The van der Waals surface area contributed by atoms with Crippen LogP contribution in [-0.2, 0) is 20.9 Å². The molecular weight excluding hydrogens is 381 g/mol. The Hall–Kier alpha value is -2.66. The van der Waals surface area contributed by atoms with Crippen molar-refractivity contribution in [2.24, 2.45) is 0 Å². The average molecular weight is 402 g/mol. The number of carbonyl (C=O) groups excluding carboxylic acids is 2. The van der Waals surface area contributed by atoms with Gasteiger partial charge in [0.05, 0.1) is 18.7 Å². The van der Waals surface area contributed by atoms with E-state index in [4.69, 9.17) is 16.3 Å². The number of allylic oxidation sites excluding steroid dienone is 1. The van der Waals surface area contributed by atoms with Crippen molar-refractivity contribution < 1.29 is 18.7 Å². The van der Waals surface area contributed by atoms with Crippen molar-refractivity contribution in [3.63, 3.8) is 0 Å². The van der Waals surface area contributed by atoms with Crippen LogP contribution in [0.25, 0.3) is 0 Å². The fourth-order valence-electron chi connectivity index (χ4n) is 3.47. The highest BCUT2D eigenvalue weighted by molar-refractivity contribution is 6.31. The highest BCUT2D eigenvalue weighted by Crippen LogP contribution is 2.40. The Morgan fingerprint density at radius 2 is 1.89 bits per heavy atom. The Labute approximate surface area is 168 Å². The number of halogens is 2. The summed E-state index contributed by atoms with van der Waals surface area (Å²) in [7, 11) is 0. The molecule has 0 bridgehead atoms. The quantitative estimate of drug-likeness (QED) is 0.674. The average Bonchev–Trinajstić information content (AvgIpc) is 2.66. The van der Waals surface area contributed by atoms with E-state index in [2.05, 4.69) is 0 Å². The fourth-order valence-corrected chi connectivity index (χ4v) is 3.74. The van der Waals surface area contributed by atoms with E-state index in [1.165, 1.54) is 12.1 Å². The zero-order valence-electron chi connectivity index (χ0n) is 15.7. The molecule has 4 nitrogen and oxygen atoms in total. The van der Waals surface area contributed by atoms with Crippen LogP contribution in [0.1, 0.15) is 37.3 Å². The first-order valence-corrected chi connectivity index (χ1v) is 9.47. The van der Waals surface area contributed by atoms with Gasteiger partial charge in [0.1, 0.15) is 5.82 Å². The molecule has 1 atom stereocenters. The summed E-state index contributed by atoms with van der Waals surface area (Å²) in [6, 6.07) is 13.1. The summed E-state index contributed by atoms with van der Waals surface area (Å²) in [5, 5.41) is 0.502. The Balaban J connectivity index is 2.04. The molecule has 0 aliphatic carbocycles. The van der Waals surface area contributed by atoms with E-state index in [-0.39, 0.29) is 31.3 Å². The first-order valence-electron chi connectivity index (χ1n) is 9.09. The smallest absolute Gasteiger partial charge is 0.336 e. The zero-order chi connectivity index (χ0) is 20.3. The van der Waals surface area contributed by atoms with E-state index in [1.807, 2.05) is 12.1 Å². The summed E-state index contributed by atoms with van der Waals surface area (Å²) in [5.74, 6) is -1.39. The molecule has 2 aromatic rings. The Morgan fingerprint density at radius 1 is 1.21 bits per heavy atom. The number of ether oxygens (including phenoxy) is 1. The molecule has 0 saturated carbocycles. The zero-order valence-corrected chi connectivity index (χ0v) is 16.5. The van der Waals surface area contributed by atoms with Gasteiger partial charge in [0, 0.05) is 23.1 Å². The van der Waals surface area contributed by atoms with Crippen molar-refractivity contribution in [3.05, 3.63) is 81.8 Å². The molecule has 6 heteroatoms. The summed E-state index contributed by atoms with van der Waals surface area (Å²) in [6.45, 7) is 3.96. The summed E-state index contributed by atoms with van der Waals surface area (Å²) >= 11 is 6.35. The van der Waals surface area contributed by atoms with Crippen LogP contribution in [0.4, 0.5) is 4.39 Å². The van der Waals surface area contributed by atoms with Gasteiger partial charge in [-0.3, -0.25) is 4.79 Å². The minimum atomic E-state index is -0.468. The SMILES string of the molecule is CCOC(=O)C1=C(C)N(Cc2ccc(F)cc2)C(=O)C[C@H]1c1ccccc1Cl. The van der Waals surface area contributed by atoms with E-state index in [0.29, 0.717) is 16.3 Å². The molecule has 1 aliphatic rings. The van der Waals surface area contributed by atoms with E-state index in [9.17, 15) is 14.0 Å². The van der Waals surface area contributed by atoms with Crippen molar-refractivity contribution in [3.8, 4) is 0 Å². The second kappa shape index (κ2) is 8.57. The molecule has 0 radical (unpaired) electrons. The van der Waals surface area contributed by atoms with E-state index >= 15 is 0 Å². The number of hydrogen-bond donors (Lipinski definition) is 0. The maximum Gasteiger partial charge on any atom is 0.336 e. The first-order chi connectivity index (χ1) is 13.4. The number of nitrogens with zero attached hydrogens (tertiary/aromatic N) is 1. The third-order valence-corrected chi connectivity index (χ3v) is 5.20. The minimum absolute atomic E-state index is 0.108. The number of amides is 1. The fraction of sp³-hybridized carbons (Fsp3) is 0.273. The van der Waals surface area contributed by atoms with Gasteiger partial charge in [-0.25, -0.2) is 9.18 Å². The Bertz CT molecular complexity index is 924. The van der Waals surface area contributed by atoms with Crippen LogP contribution in [0.3, 0.4) is 0 Å². The second-order valence-corrected chi connectivity index (χ2v) is 7.01. The van der Waals surface area contributed by atoms with Crippen molar-refractivity contribution >= 4 is 23.5 Å². The number of rotatable bonds is 5. The molecule has 1 heterocycles. The minimum Gasteiger partial charge on any atom is -0.463 e. The first kappa shape index (κ1) is 20.1. The Morgan fingerprint density at radius 3 is 2.54 bits per heavy atom. The molecule has 28 heavy (non-hydrogen) atoms. The molecule has 0 unspecified atom stereocenters. The van der Waals surface area contributed by atoms with Gasteiger partial charge in [-0.05, 0) is 43.2 Å². The molecule has 2 aromatic carbocycles. The highest BCUT2D eigenvalue weighted by atomic mass is 35.5. The lowest BCUT2D eigenvalue weighted by atomic mass is 9.83. The monoisotopic (exact) mass is 401 g/mol. The van der Waals surface area contributed by atoms with Crippen molar-refractivity contribution in [1.29, 1.82) is 0 Å². The third kappa shape index (κ3) is 4.09. The van der Waals surface area contributed by atoms with Crippen molar-refractivity contribution in [2.75, 3.05) is 6.61 Å². The second-order valence-electron chi connectivity index (χ2n) is 6.60. The molecule has 0 spiro atoms. The van der Waals surface area contributed by atoms with Crippen LogP contribution in [0.15, 0.2) is 59.8 Å². The molecule has 1 amide bonds. The van der Waals surface area contributed by atoms with Crippen molar-refractivity contribution in [1.82, 2.24) is 4.90 Å². The van der Waals surface area contributed by atoms with E-state index < -0.39 is 11.9 Å². The van der Waals surface area contributed by atoms with Crippen LogP contribution in [0.2, 0.25) is 5.02 Å². The summed E-state index contributed by atoms with van der Waals surface area (Å²) in [4.78, 5) is 27.2. The van der Waals surface area contributed by atoms with E-state index in [0.717, 1.165) is 11.1 Å². The van der Waals surface area contributed by atoms with Gasteiger partial charge in [0.2, 0.25) is 5.91 Å². The lowest BCUT2D eigenvalue weighted by Gasteiger charge is -2.34. The Kier molecular flexibility index (Phi) is 6.15. The summed E-state index contributed by atoms with van der Waals surface area (Å²) in [5.41, 5.74) is 2.45. The number of carbonyl (C=O) groups is 2. The van der Waals surface area contributed by atoms with Gasteiger partial charge in [-0.1, -0.05) is 41.9 Å². The van der Waals surface area contributed by atoms with Gasteiger partial charge in [0.15, 0.2) is 0 Å². The van der Waals surface area contributed by atoms with Crippen LogP contribution in [0.5, 0.6) is 0 Å². The number of esters is 1. The number of benzene rings is 2. The molecule has 0 fully saturated rings. The highest BCUT2D eigenvalue weighted by Gasteiger charge is 2.37. The predicted octanol–water partition coefficient (Wildman–Crippen LogP) is 4.83. The standard InChI is InChI=1S/C22H21ClFNO3/c1-3-28-22(27)21-14(2)25(13-15-8-10-16(24)11-9-15)20(26)12-18(21)17-6-4-5-7-19(17)23/h4-11,18H,3,12-13H2,1-2H3/t18-/m0/s1. The maximum atomic E-state index is 13.2. The molecule has 0 aromatic heterocycles. The van der Waals surface area contributed by atoms with Gasteiger partial charge >= 0.3 is 5.97 Å². The molecule has 146 valence electrons. The van der Waals surface area contributed by atoms with E-state index in [1.54, 1.807) is 43.0 Å². The topological polar surface area (TPSA) is 46.6 Å². The molecule has 0 N–H and O–H groups in total. The van der Waals surface area contributed by atoms with Crippen LogP contribution in [-0.4, -0.2) is 23.4 Å². The van der Waals surface area contributed by atoms with Crippen LogP contribution >= 0.6 is 11.6 Å². The lowest BCUT2D eigenvalue weighted by Crippen LogP contribution is -2.38. The van der Waals surface area contributed by atoms with Crippen LogP contribution in [0, 0.1) is 5.82 Å². The van der Waals surface area contributed by atoms with Gasteiger partial charge in [-0.2, -0.15) is 0 Å².